The number of ether oxygens (including phenoxy) is 3. The SMILES string of the molecule is COc1ccc(C=O)cc1Oc1nc(CN2CCOCC2)nc2sc(C)c(C)c12. The quantitative estimate of drug-likeness (QED) is 0.570. The maximum absolute atomic E-state index is 11.2. The van der Waals surface area contributed by atoms with Crippen molar-refractivity contribution in [3.05, 3.63) is 40.0 Å². The highest BCUT2D eigenvalue weighted by molar-refractivity contribution is 7.18. The molecular weight excluding hydrogens is 390 g/mol. The fourth-order valence-electron chi connectivity index (χ4n) is 3.31. The van der Waals surface area contributed by atoms with Gasteiger partial charge in [-0.25, -0.2) is 4.98 Å². The zero-order valence-corrected chi connectivity index (χ0v) is 17.5. The summed E-state index contributed by atoms with van der Waals surface area (Å²) < 4.78 is 17.1. The molecule has 7 nitrogen and oxygen atoms in total. The van der Waals surface area contributed by atoms with Crippen LogP contribution in [0.2, 0.25) is 0 Å². The molecule has 152 valence electrons. The van der Waals surface area contributed by atoms with Gasteiger partial charge in [-0.3, -0.25) is 9.69 Å². The van der Waals surface area contributed by atoms with Crippen LogP contribution in [0.25, 0.3) is 10.2 Å². The van der Waals surface area contributed by atoms with Crippen molar-refractivity contribution in [2.45, 2.75) is 20.4 Å². The Labute approximate surface area is 173 Å². The van der Waals surface area contributed by atoms with E-state index in [1.807, 2.05) is 6.92 Å². The molecule has 4 rings (SSSR count). The molecule has 0 amide bonds. The first-order valence-electron chi connectivity index (χ1n) is 9.47. The lowest BCUT2D eigenvalue weighted by atomic mass is 10.2. The standard InChI is InChI=1S/C21H23N3O4S/c1-13-14(2)29-21-19(13)20(22-18(23-21)11-24-6-8-27-9-7-24)28-17-10-15(12-25)4-5-16(17)26-3/h4-5,10,12H,6-9,11H2,1-3H3. The van der Waals surface area contributed by atoms with Gasteiger partial charge >= 0.3 is 0 Å². The second-order valence-electron chi connectivity index (χ2n) is 6.93. The second-order valence-corrected chi connectivity index (χ2v) is 8.13. The number of benzene rings is 1. The number of rotatable bonds is 6. The van der Waals surface area contributed by atoms with E-state index in [1.54, 1.807) is 36.6 Å². The molecule has 1 aliphatic heterocycles. The number of hydrogen-bond acceptors (Lipinski definition) is 8. The van der Waals surface area contributed by atoms with Gasteiger partial charge in [0.1, 0.15) is 16.9 Å². The molecule has 29 heavy (non-hydrogen) atoms. The molecule has 0 unspecified atom stereocenters. The number of morpholine rings is 1. The van der Waals surface area contributed by atoms with Crippen LogP contribution < -0.4 is 9.47 Å². The van der Waals surface area contributed by atoms with Gasteiger partial charge in [-0.15, -0.1) is 11.3 Å². The zero-order chi connectivity index (χ0) is 20.4. The van der Waals surface area contributed by atoms with Crippen molar-refractivity contribution in [1.29, 1.82) is 0 Å². The van der Waals surface area contributed by atoms with Gasteiger partial charge in [-0.1, -0.05) is 0 Å². The number of aromatic nitrogens is 2. The van der Waals surface area contributed by atoms with E-state index in [1.165, 1.54) is 4.88 Å². The number of nitrogens with zero attached hydrogens (tertiary/aromatic N) is 3. The molecule has 1 aromatic carbocycles. The molecule has 8 heteroatoms. The summed E-state index contributed by atoms with van der Waals surface area (Å²) in [6.45, 7) is 7.91. The van der Waals surface area contributed by atoms with Crippen molar-refractivity contribution in [2.24, 2.45) is 0 Å². The van der Waals surface area contributed by atoms with Crippen molar-refractivity contribution in [2.75, 3.05) is 33.4 Å². The van der Waals surface area contributed by atoms with E-state index in [-0.39, 0.29) is 0 Å². The third-order valence-corrected chi connectivity index (χ3v) is 6.14. The van der Waals surface area contributed by atoms with Gasteiger partial charge in [-0.05, 0) is 37.6 Å². The predicted molar refractivity (Wildman–Crippen MR) is 111 cm³/mol. The van der Waals surface area contributed by atoms with Crippen molar-refractivity contribution >= 4 is 27.8 Å². The van der Waals surface area contributed by atoms with E-state index in [9.17, 15) is 4.79 Å². The van der Waals surface area contributed by atoms with E-state index in [0.29, 0.717) is 35.3 Å². The van der Waals surface area contributed by atoms with Crippen LogP contribution >= 0.6 is 11.3 Å². The first-order chi connectivity index (χ1) is 14.1. The molecule has 1 fully saturated rings. The molecule has 0 atom stereocenters. The zero-order valence-electron chi connectivity index (χ0n) is 16.7. The summed E-state index contributed by atoms with van der Waals surface area (Å²) in [4.78, 5) is 25.1. The van der Waals surface area contributed by atoms with Crippen molar-refractivity contribution in [1.82, 2.24) is 14.9 Å². The van der Waals surface area contributed by atoms with Crippen LogP contribution in [0, 0.1) is 13.8 Å². The maximum atomic E-state index is 11.2. The lowest BCUT2D eigenvalue weighted by Crippen LogP contribution is -2.36. The first kappa shape index (κ1) is 19.8. The molecule has 0 aliphatic carbocycles. The highest BCUT2D eigenvalue weighted by Gasteiger charge is 2.20. The molecule has 2 aromatic heterocycles. The Balaban J connectivity index is 1.76. The molecule has 0 radical (unpaired) electrons. The molecule has 0 spiro atoms. The Hall–Kier alpha value is -2.55. The number of aldehydes is 1. The van der Waals surface area contributed by atoms with Gasteiger partial charge in [0.25, 0.3) is 0 Å². The van der Waals surface area contributed by atoms with Crippen LogP contribution in [0.1, 0.15) is 26.6 Å². The summed E-state index contributed by atoms with van der Waals surface area (Å²) in [5.41, 5.74) is 1.61. The smallest absolute Gasteiger partial charge is 0.231 e. The van der Waals surface area contributed by atoms with Gasteiger partial charge in [0.05, 0.1) is 32.3 Å². The summed E-state index contributed by atoms with van der Waals surface area (Å²) in [6.07, 6.45) is 0.783. The maximum Gasteiger partial charge on any atom is 0.231 e. The number of aryl methyl sites for hydroxylation is 2. The monoisotopic (exact) mass is 413 g/mol. The Morgan fingerprint density at radius 3 is 2.72 bits per heavy atom. The molecule has 3 aromatic rings. The Bertz CT molecular complexity index is 1040. The minimum absolute atomic E-state index is 0.456. The fourth-order valence-corrected chi connectivity index (χ4v) is 4.35. The molecular formula is C21H23N3O4S. The van der Waals surface area contributed by atoms with Crippen LogP contribution in [0.4, 0.5) is 0 Å². The van der Waals surface area contributed by atoms with Crippen molar-refractivity contribution in [3.63, 3.8) is 0 Å². The average Bonchev–Trinajstić information content (AvgIpc) is 3.02. The first-order valence-corrected chi connectivity index (χ1v) is 10.3. The van der Waals surface area contributed by atoms with E-state index in [2.05, 4.69) is 11.8 Å². The van der Waals surface area contributed by atoms with E-state index >= 15 is 0 Å². The summed E-state index contributed by atoms with van der Waals surface area (Å²) in [5.74, 6) is 2.20. The average molecular weight is 413 g/mol. The number of methoxy groups -OCH3 is 1. The third kappa shape index (κ3) is 4.10. The molecule has 1 aliphatic rings. The lowest BCUT2D eigenvalue weighted by molar-refractivity contribution is 0.0330. The number of fused-ring (bicyclic) bond motifs is 1. The van der Waals surface area contributed by atoms with E-state index < -0.39 is 0 Å². The predicted octanol–water partition coefficient (Wildman–Crippen LogP) is 3.75. The minimum atomic E-state index is 0.456. The number of thiophene rings is 1. The summed E-state index contributed by atoms with van der Waals surface area (Å²) in [5, 5.41) is 0.900. The van der Waals surface area contributed by atoms with Gasteiger partial charge < -0.3 is 14.2 Å². The van der Waals surface area contributed by atoms with E-state index in [0.717, 1.165) is 48.4 Å². The molecule has 1 saturated heterocycles. The van der Waals surface area contributed by atoms with Crippen LogP contribution in [0.3, 0.4) is 0 Å². The normalized spacial score (nSPS) is 14.9. The number of carbonyl (C=O) groups is 1. The van der Waals surface area contributed by atoms with Gasteiger partial charge in [0, 0.05) is 23.5 Å². The molecule has 0 saturated carbocycles. The Morgan fingerprint density at radius 2 is 2.00 bits per heavy atom. The van der Waals surface area contributed by atoms with Crippen LogP contribution in [-0.2, 0) is 11.3 Å². The highest BCUT2D eigenvalue weighted by atomic mass is 32.1. The Morgan fingerprint density at radius 1 is 1.21 bits per heavy atom. The second kappa shape index (κ2) is 8.44. The number of hydrogen-bond donors (Lipinski definition) is 0. The molecule has 3 heterocycles. The topological polar surface area (TPSA) is 73.8 Å². The Kier molecular flexibility index (Phi) is 5.75. The van der Waals surface area contributed by atoms with Crippen LogP contribution in [0.5, 0.6) is 17.4 Å². The van der Waals surface area contributed by atoms with Gasteiger partial charge in [-0.2, -0.15) is 4.98 Å². The highest BCUT2D eigenvalue weighted by Crippen LogP contribution is 2.39. The summed E-state index contributed by atoms with van der Waals surface area (Å²) in [6, 6.07) is 5.08. The van der Waals surface area contributed by atoms with Crippen LogP contribution in [0.15, 0.2) is 18.2 Å². The van der Waals surface area contributed by atoms with E-state index in [4.69, 9.17) is 24.2 Å². The molecule has 0 N–H and O–H groups in total. The summed E-state index contributed by atoms with van der Waals surface area (Å²) in [7, 11) is 1.57. The van der Waals surface area contributed by atoms with Crippen molar-refractivity contribution in [3.8, 4) is 17.4 Å². The van der Waals surface area contributed by atoms with Gasteiger partial charge in [0.15, 0.2) is 11.5 Å². The van der Waals surface area contributed by atoms with Crippen molar-refractivity contribution < 1.29 is 19.0 Å². The van der Waals surface area contributed by atoms with Gasteiger partial charge in [0.2, 0.25) is 5.88 Å². The summed E-state index contributed by atoms with van der Waals surface area (Å²) >= 11 is 1.64. The minimum Gasteiger partial charge on any atom is -0.493 e. The molecule has 0 bridgehead atoms. The largest absolute Gasteiger partial charge is 0.493 e. The number of carbonyl (C=O) groups excluding carboxylic acids is 1. The lowest BCUT2D eigenvalue weighted by Gasteiger charge is -2.25. The third-order valence-electron chi connectivity index (χ3n) is 5.04. The van der Waals surface area contributed by atoms with Crippen LogP contribution in [-0.4, -0.2) is 54.6 Å². The fraction of sp³-hybridized carbons (Fsp3) is 0.381.